The van der Waals surface area contributed by atoms with E-state index in [9.17, 15) is 19.8 Å². The zero-order valence-corrected chi connectivity index (χ0v) is 25.1. The molecule has 10 N–H and O–H groups in total. The second-order valence-electron chi connectivity index (χ2n) is 8.31. The van der Waals surface area contributed by atoms with Crippen molar-refractivity contribution < 1.29 is 75.1 Å². The Kier molecular flexibility index (Phi) is 21.0. The van der Waals surface area contributed by atoms with Gasteiger partial charge in [0.05, 0.1) is 0 Å². The van der Waals surface area contributed by atoms with E-state index in [1.54, 1.807) is 36.7 Å². The second kappa shape index (κ2) is 22.2. The molecule has 0 aliphatic heterocycles. The zero-order chi connectivity index (χ0) is 28.7. The Hall–Kier alpha value is -4.42. The molecule has 0 fully saturated rings. The number of aromatic carboxylic acids is 2. The number of aromatic nitrogens is 2. The molecule has 2 heterocycles. The summed E-state index contributed by atoms with van der Waals surface area (Å²) >= 11 is 0. The molecule has 12 nitrogen and oxygen atoms in total. The van der Waals surface area contributed by atoms with Crippen LogP contribution in [0.4, 0.5) is 0 Å². The Morgan fingerprint density at radius 2 is 1.00 bits per heavy atom. The summed E-state index contributed by atoms with van der Waals surface area (Å²) in [6, 6.07) is 20.4. The van der Waals surface area contributed by atoms with Crippen molar-refractivity contribution in [1.29, 1.82) is 0 Å². The number of aromatic hydroxyl groups is 2. The third kappa shape index (κ3) is 13.3. The summed E-state index contributed by atoms with van der Waals surface area (Å²) in [6.07, 6.45) is 7.78. The number of carboxylic acid groups (broad SMARTS) is 2. The van der Waals surface area contributed by atoms with Gasteiger partial charge < -0.3 is 31.4 Å². The van der Waals surface area contributed by atoms with Crippen LogP contribution in [0.1, 0.15) is 43.2 Å². The van der Waals surface area contributed by atoms with E-state index in [0.29, 0.717) is 37.1 Å². The smallest absolute Gasteiger partial charge is 0.339 e. The zero-order valence-electron chi connectivity index (χ0n) is 23.2. The quantitative estimate of drug-likeness (QED) is 0.108. The van der Waals surface area contributed by atoms with E-state index in [4.69, 9.17) is 10.2 Å². The molecule has 242 valence electrons. The number of phenols is 2. The fourth-order valence-electron chi connectivity index (χ4n) is 3.45. The summed E-state index contributed by atoms with van der Waals surface area (Å²) in [5, 5.41) is 37.4. The predicted octanol–water partition coefficient (Wildman–Crippen LogP) is 2.45. The van der Waals surface area contributed by atoms with Gasteiger partial charge in [0.2, 0.25) is 0 Å². The van der Waals surface area contributed by atoms with E-state index < -0.39 is 11.9 Å². The van der Waals surface area contributed by atoms with Gasteiger partial charge in [0, 0.05) is 107 Å². The number of hydrogen-bond donors (Lipinski definition) is 4. The van der Waals surface area contributed by atoms with Gasteiger partial charge in [0.1, 0.15) is 22.6 Å². The van der Waals surface area contributed by atoms with E-state index in [1.807, 2.05) is 36.4 Å². The average molecular weight is 706 g/mol. The van der Waals surface area contributed by atoms with Crippen molar-refractivity contribution in [3.05, 3.63) is 119 Å². The molecule has 0 saturated carbocycles. The number of para-hydroxylation sites is 2. The average Bonchev–Trinajstić information content (AvgIpc) is 2.96. The van der Waals surface area contributed by atoms with E-state index in [-0.39, 0.29) is 67.7 Å². The minimum absolute atomic E-state index is 0. The minimum atomic E-state index is -1.16. The number of aliphatic imine (C=N–C) groups is 2. The van der Waals surface area contributed by atoms with Crippen LogP contribution in [-0.2, 0) is 57.9 Å². The maximum Gasteiger partial charge on any atom is 0.339 e. The molecule has 4 rings (SSSR count). The van der Waals surface area contributed by atoms with Crippen molar-refractivity contribution >= 4 is 24.4 Å². The monoisotopic (exact) mass is 704 g/mol. The summed E-state index contributed by atoms with van der Waals surface area (Å²) in [6.45, 7) is 1.04. The Labute approximate surface area is 274 Å². The first kappa shape index (κ1) is 41.7. The van der Waals surface area contributed by atoms with E-state index in [2.05, 4.69) is 20.0 Å². The van der Waals surface area contributed by atoms with E-state index in [1.165, 1.54) is 24.6 Å². The summed E-state index contributed by atoms with van der Waals surface area (Å²) in [7, 11) is 0. The summed E-state index contributed by atoms with van der Waals surface area (Å²) < 4.78 is 0. The molecule has 0 bridgehead atoms. The third-order valence-corrected chi connectivity index (χ3v) is 5.50. The summed E-state index contributed by atoms with van der Waals surface area (Å²) in [5.74, 6) is -2.85. The van der Waals surface area contributed by atoms with Crippen LogP contribution in [0.3, 0.4) is 0 Å². The van der Waals surface area contributed by atoms with Crippen LogP contribution < -0.4 is 0 Å². The van der Waals surface area contributed by atoms with Gasteiger partial charge in [-0.3, -0.25) is 20.0 Å². The van der Waals surface area contributed by atoms with Crippen LogP contribution >= 0.6 is 0 Å². The Morgan fingerprint density at radius 3 is 1.32 bits per heavy atom. The predicted molar refractivity (Wildman–Crippen MR) is 161 cm³/mol. The van der Waals surface area contributed by atoms with Crippen LogP contribution in [0.25, 0.3) is 0 Å². The van der Waals surface area contributed by atoms with Gasteiger partial charge in [-0.25, -0.2) is 9.59 Å². The molecule has 2 radical (unpaired) electrons. The largest absolute Gasteiger partial charge is 0.506 e. The number of rotatable bonds is 10. The molecule has 4 aromatic rings. The molecule has 14 heteroatoms. The first-order chi connectivity index (χ1) is 19.4. The summed E-state index contributed by atoms with van der Waals surface area (Å²) in [4.78, 5) is 38.5. The Balaban J connectivity index is 0. The van der Waals surface area contributed by atoms with Gasteiger partial charge in [0.15, 0.2) is 0 Å². The van der Waals surface area contributed by atoms with Crippen molar-refractivity contribution in [1.82, 2.24) is 9.97 Å². The molecule has 2 aromatic carbocycles. The number of pyridine rings is 2. The van der Waals surface area contributed by atoms with Crippen LogP contribution in [0, 0.1) is 0 Å². The van der Waals surface area contributed by atoms with Crippen LogP contribution in [0.5, 0.6) is 11.5 Å². The molecular weight excluding hydrogens is 671 g/mol. The van der Waals surface area contributed by atoms with Gasteiger partial charge in [-0.1, -0.05) is 24.3 Å². The molecule has 0 atom stereocenters. The van der Waals surface area contributed by atoms with Crippen molar-refractivity contribution in [2.75, 3.05) is 13.1 Å². The molecule has 0 aliphatic rings. The van der Waals surface area contributed by atoms with E-state index >= 15 is 0 Å². The molecule has 0 unspecified atom stereocenters. The molecule has 2 aromatic heterocycles. The normalized spacial score (nSPS) is 9.82. The Bertz CT molecular complexity index is 1380. The number of carboxylic acids is 2. The van der Waals surface area contributed by atoms with Crippen molar-refractivity contribution in [2.45, 2.75) is 12.8 Å². The topological polar surface area (TPSA) is 232 Å². The number of hydrogen-bond acceptors (Lipinski definition) is 8. The van der Waals surface area contributed by atoms with Crippen LogP contribution in [-0.4, -0.2) is 67.9 Å². The fraction of sp³-hybridized carbons (Fsp3) is 0.133. The first-order valence-electron chi connectivity index (χ1n) is 12.3. The van der Waals surface area contributed by atoms with Crippen molar-refractivity contribution in [3.63, 3.8) is 0 Å². The maximum absolute atomic E-state index is 10.9. The third-order valence-electron chi connectivity index (χ3n) is 5.50. The van der Waals surface area contributed by atoms with E-state index in [0.717, 1.165) is 11.4 Å². The van der Waals surface area contributed by atoms with Crippen molar-refractivity contribution in [2.24, 2.45) is 9.98 Å². The van der Waals surface area contributed by atoms with Gasteiger partial charge in [-0.15, -0.1) is 0 Å². The van der Waals surface area contributed by atoms with Crippen LogP contribution in [0.2, 0.25) is 0 Å². The maximum atomic E-state index is 10.9. The Morgan fingerprint density at radius 1 is 0.614 bits per heavy atom. The standard InChI is InChI=1S/2C15H14N2O3.2Cu.2H2O/c2*18-14-11(4-3-6-13(14)15(19)20)10-16-9-7-12-5-1-2-8-17-12;;;;/h2*1-6,8,10,18H,7,9H2,(H,19,20);;;2*1H2/p+2. The minimum Gasteiger partial charge on any atom is -0.506 e. The molecule has 0 saturated heterocycles. The first-order valence-corrected chi connectivity index (χ1v) is 12.3. The number of carbonyl (C=O) groups is 2. The van der Waals surface area contributed by atoms with Crippen molar-refractivity contribution in [3.8, 4) is 11.5 Å². The molecule has 0 aliphatic carbocycles. The van der Waals surface area contributed by atoms with Gasteiger partial charge in [0.25, 0.3) is 0 Å². The SMILES string of the molecule is O=C(O)c1cccc(C=NCCc2ccccn2)c1O.O=C(O)c1cccc(C=NCCc2ccccn2)c1O.[Cu].[Cu].[OH3+].[OH3+]. The summed E-state index contributed by atoms with van der Waals surface area (Å²) in [5.41, 5.74) is 2.41. The second-order valence-corrected chi connectivity index (χ2v) is 8.31. The van der Waals surface area contributed by atoms with Gasteiger partial charge >= 0.3 is 11.9 Å². The molecule has 44 heavy (non-hydrogen) atoms. The van der Waals surface area contributed by atoms with Gasteiger partial charge in [-0.2, -0.15) is 0 Å². The molecule has 0 amide bonds. The fourth-order valence-corrected chi connectivity index (χ4v) is 3.45. The van der Waals surface area contributed by atoms with Gasteiger partial charge in [-0.05, 0) is 48.5 Å². The molecule has 0 spiro atoms. The molecular formula is C30H34Cu2N4O8+2. The number of nitrogens with zero attached hydrogens (tertiary/aromatic N) is 4. The number of benzene rings is 2. The van der Waals surface area contributed by atoms with Crippen LogP contribution in [0.15, 0.2) is 95.2 Å².